The molecule has 0 atom stereocenters. The summed E-state index contributed by atoms with van der Waals surface area (Å²) >= 11 is 0. The van der Waals surface area contributed by atoms with Crippen LogP contribution in [0.25, 0.3) is 10.9 Å². The third-order valence-electron chi connectivity index (χ3n) is 4.25. The Morgan fingerprint density at radius 2 is 1.87 bits per heavy atom. The summed E-state index contributed by atoms with van der Waals surface area (Å²) in [7, 11) is 0. The fourth-order valence-corrected chi connectivity index (χ4v) is 2.85. The van der Waals surface area contributed by atoms with E-state index in [2.05, 4.69) is 15.1 Å². The topological polar surface area (TPSA) is 73.2 Å². The summed E-state index contributed by atoms with van der Waals surface area (Å²) in [5, 5.41) is 0.0283. The van der Waals surface area contributed by atoms with Gasteiger partial charge in [0.25, 0.3) is 5.56 Å². The lowest BCUT2D eigenvalue weighted by molar-refractivity contribution is -0.274. The zero-order chi connectivity index (χ0) is 21.9. The van der Waals surface area contributed by atoms with Crippen LogP contribution in [0.2, 0.25) is 0 Å². The first-order chi connectivity index (χ1) is 14.2. The van der Waals surface area contributed by atoms with Crippen molar-refractivity contribution in [2.45, 2.75) is 32.5 Å². The van der Waals surface area contributed by atoms with Gasteiger partial charge >= 0.3 is 6.36 Å². The van der Waals surface area contributed by atoms with Gasteiger partial charge in [0.15, 0.2) is 0 Å². The lowest BCUT2D eigenvalue weighted by Crippen LogP contribution is -2.36. The molecule has 3 rings (SSSR count). The Labute approximate surface area is 168 Å². The number of nitrogens with zero attached hydrogens (tertiary/aromatic N) is 2. The van der Waals surface area contributed by atoms with Gasteiger partial charge in [-0.15, -0.1) is 13.2 Å². The summed E-state index contributed by atoms with van der Waals surface area (Å²) in [5.74, 6) is -1.17. The molecule has 0 unspecified atom stereocenters. The highest BCUT2D eigenvalue weighted by Crippen LogP contribution is 2.24. The maximum absolute atomic E-state index is 12.9. The van der Waals surface area contributed by atoms with Crippen LogP contribution in [0.15, 0.2) is 47.3 Å². The Bertz CT molecular complexity index is 1130. The number of aromatic nitrogens is 2. The average molecular weight is 423 g/mol. The Balaban J connectivity index is 1.83. The number of amides is 1. The fourth-order valence-electron chi connectivity index (χ4n) is 2.85. The number of hydrogen-bond donors (Lipinski definition) is 1. The van der Waals surface area contributed by atoms with Crippen molar-refractivity contribution in [2.24, 2.45) is 0 Å². The van der Waals surface area contributed by atoms with Crippen LogP contribution in [0.5, 0.6) is 5.75 Å². The molecule has 3 aromatic rings. The summed E-state index contributed by atoms with van der Waals surface area (Å²) in [6.07, 6.45) is -4.25. The molecular formula is C20H17F4N3O3. The van der Waals surface area contributed by atoms with Gasteiger partial charge in [-0.05, 0) is 36.2 Å². The van der Waals surface area contributed by atoms with Crippen LogP contribution in [-0.2, 0) is 17.6 Å². The first-order valence-electron chi connectivity index (χ1n) is 9.02. The molecule has 30 heavy (non-hydrogen) atoms. The van der Waals surface area contributed by atoms with Gasteiger partial charge in [-0.25, -0.2) is 14.1 Å². The largest absolute Gasteiger partial charge is 0.573 e. The second-order valence-electron chi connectivity index (χ2n) is 6.41. The Morgan fingerprint density at radius 1 is 1.17 bits per heavy atom. The Kier molecular flexibility index (Phi) is 6.04. The first kappa shape index (κ1) is 21.3. The third-order valence-corrected chi connectivity index (χ3v) is 4.25. The van der Waals surface area contributed by atoms with Gasteiger partial charge in [0, 0.05) is 18.9 Å². The smallest absolute Gasteiger partial charge is 0.406 e. The van der Waals surface area contributed by atoms with E-state index in [1.807, 2.05) is 0 Å². The van der Waals surface area contributed by atoms with Crippen LogP contribution in [-0.4, -0.2) is 21.9 Å². The average Bonchev–Trinajstić information content (AvgIpc) is 2.68. The van der Waals surface area contributed by atoms with Crippen LogP contribution in [0.4, 0.5) is 17.6 Å². The molecule has 0 saturated carbocycles. The summed E-state index contributed by atoms with van der Waals surface area (Å²) in [4.78, 5) is 29.2. The lowest BCUT2D eigenvalue weighted by atomic mass is 10.1. The lowest BCUT2D eigenvalue weighted by Gasteiger charge is -2.14. The monoisotopic (exact) mass is 423 g/mol. The van der Waals surface area contributed by atoms with Gasteiger partial charge in [0.1, 0.15) is 17.4 Å². The number of aryl methyl sites for hydroxylation is 2. The van der Waals surface area contributed by atoms with Crippen molar-refractivity contribution in [1.82, 2.24) is 9.66 Å². The van der Waals surface area contributed by atoms with E-state index in [0.29, 0.717) is 6.42 Å². The number of nitrogens with one attached hydrogen (secondary N) is 1. The van der Waals surface area contributed by atoms with Gasteiger partial charge in [-0.3, -0.25) is 15.0 Å². The standard InChI is InChI=1S/C20H17F4N3O3/c1-2-17-25-16-11-14(30-20(22,23)24)8-9-15(16)19(29)27(17)26-18(28)10-5-12-3-6-13(21)7-4-12/h3-4,6-9,11H,2,5,10H2,1H3,(H,26,28). The highest BCUT2D eigenvalue weighted by Gasteiger charge is 2.31. The molecule has 0 aliphatic heterocycles. The molecule has 6 nitrogen and oxygen atoms in total. The van der Waals surface area contributed by atoms with Crippen molar-refractivity contribution >= 4 is 16.8 Å². The van der Waals surface area contributed by atoms with E-state index in [1.165, 1.54) is 12.1 Å². The van der Waals surface area contributed by atoms with Crippen molar-refractivity contribution in [3.63, 3.8) is 0 Å². The van der Waals surface area contributed by atoms with Crippen molar-refractivity contribution in [3.05, 3.63) is 70.0 Å². The van der Waals surface area contributed by atoms with Crippen LogP contribution < -0.4 is 15.7 Å². The van der Waals surface area contributed by atoms with Crippen molar-refractivity contribution < 1.29 is 27.1 Å². The summed E-state index contributed by atoms with van der Waals surface area (Å²) in [5.41, 5.74) is 2.63. The Morgan fingerprint density at radius 3 is 2.50 bits per heavy atom. The Hall–Kier alpha value is -3.43. The zero-order valence-electron chi connectivity index (χ0n) is 15.8. The summed E-state index contributed by atoms with van der Waals surface area (Å²) in [6.45, 7) is 1.69. The number of carbonyl (C=O) groups excluding carboxylic acids is 1. The second kappa shape index (κ2) is 8.52. The number of carbonyl (C=O) groups is 1. The predicted octanol–water partition coefficient (Wildman–Crippen LogP) is 3.70. The fraction of sp³-hybridized carbons (Fsp3) is 0.250. The number of hydrogen-bond acceptors (Lipinski definition) is 4. The zero-order valence-corrected chi connectivity index (χ0v) is 15.8. The molecule has 158 valence electrons. The molecule has 0 fully saturated rings. The number of ether oxygens (including phenoxy) is 1. The van der Waals surface area contributed by atoms with Crippen LogP contribution in [0.1, 0.15) is 24.7 Å². The number of halogens is 4. The van der Waals surface area contributed by atoms with E-state index in [9.17, 15) is 27.2 Å². The number of rotatable bonds is 6. The highest BCUT2D eigenvalue weighted by molar-refractivity contribution is 5.85. The highest BCUT2D eigenvalue weighted by atomic mass is 19.4. The van der Waals surface area contributed by atoms with Crippen LogP contribution >= 0.6 is 0 Å². The molecule has 0 spiro atoms. The van der Waals surface area contributed by atoms with Gasteiger partial charge < -0.3 is 4.74 Å². The molecule has 1 amide bonds. The molecule has 2 aromatic carbocycles. The number of benzene rings is 2. The SMILES string of the molecule is CCc1nc2cc(OC(F)(F)F)ccc2c(=O)n1NC(=O)CCc1ccc(F)cc1. The maximum atomic E-state index is 12.9. The minimum atomic E-state index is -4.87. The normalized spacial score (nSPS) is 11.5. The van der Waals surface area contributed by atoms with E-state index in [1.54, 1.807) is 19.1 Å². The van der Waals surface area contributed by atoms with Gasteiger partial charge in [0.2, 0.25) is 5.91 Å². The molecular weight excluding hydrogens is 406 g/mol. The van der Waals surface area contributed by atoms with E-state index in [0.717, 1.165) is 28.4 Å². The van der Waals surface area contributed by atoms with Gasteiger partial charge in [0.05, 0.1) is 10.9 Å². The molecule has 1 heterocycles. The third kappa shape index (κ3) is 5.13. The summed E-state index contributed by atoms with van der Waals surface area (Å²) < 4.78 is 55.0. The molecule has 1 aromatic heterocycles. The van der Waals surface area contributed by atoms with Crippen molar-refractivity contribution in [2.75, 3.05) is 5.43 Å². The second-order valence-corrected chi connectivity index (χ2v) is 6.41. The number of fused-ring (bicyclic) bond motifs is 1. The van der Waals surface area contributed by atoms with Crippen LogP contribution in [0, 0.1) is 5.82 Å². The van der Waals surface area contributed by atoms with E-state index in [-0.39, 0.29) is 35.4 Å². The minimum absolute atomic E-state index is 0.0235. The van der Waals surface area contributed by atoms with E-state index in [4.69, 9.17) is 0 Å². The van der Waals surface area contributed by atoms with Gasteiger partial charge in [-0.1, -0.05) is 19.1 Å². The van der Waals surface area contributed by atoms with Crippen molar-refractivity contribution in [3.8, 4) is 5.75 Å². The molecule has 0 bridgehead atoms. The first-order valence-corrected chi connectivity index (χ1v) is 9.02. The molecule has 0 aliphatic carbocycles. The van der Waals surface area contributed by atoms with Crippen molar-refractivity contribution in [1.29, 1.82) is 0 Å². The van der Waals surface area contributed by atoms with Crippen LogP contribution in [0.3, 0.4) is 0 Å². The molecule has 1 N–H and O–H groups in total. The quantitative estimate of drug-likeness (QED) is 0.614. The molecule has 10 heteroatoms. The van der Waals surface area contributed by atoms with E-state index >= 15 is 0 Å². The molecule has 0 radical (unpaired) electrons. The summed E-state index contributed by atoms with van der Waals surface area (Å²) in [6, 6.07) is 8.88. The molecule has 0 aliphatic rings. The van der Waals surface area contributed by atoms with E-state index < -0.39 is 23.6 Å². The maximum Gasteiger partial charge on any atom is 0.573 e. The number of alkyl halides is 3. The predicted molar refractivity (Wildman–Crippen MR) is 101 cm³/mol. The molecule has 0 saturated heterocycles. The van der Waals surface area contributed by atoms with Gasteiger partial charge in [-0.2, -0.15) is 0 Å². The minimum Gasteiger partial charge on any atom is -0.406 e.